The van der Waals surface area contributed by atoms with Crippen molar-refractivity contribution >= 4 is 122 Å². The lowest BCUT2D eigenvalue weighted by Gasteiger charge is -2.13. The number of nitrogens with one attached hydrogen (secondary N) is 1. The molecule has 0 amide bonds. The Kier molecular flexibility index (Phi) is 12.3. The molecule has 0 bridgehead atoms. The van der Waals surface area contributed by atoms with Crippen molar-refractivity contribution < 1.29 is 65.4 Å². The number of anilines is 2. The first-order chi connectivity index (χ1) is 30.2. The third-order valence-electron chi connectivity index (χ3n) is 9.40. The first-order valence-electron chi connectivity index (χ1n) is 17.7. The SMILES string of the molecule is O=S(=O)(O)c1ccc2cc(/N=N/c3c(S(=O)(=O)O)cc4cc(Nc5ccc6c(O)c(/N=N/c7ccc8cc(SOOO)ccc8c7)c(SOOO)cc6c5)ccc4c3O)ccc2c1. The lowest BCUT2D eigenvalue weighted by Crippen LogP contribution is -1.99. The summed E-state index contributed by atoms with van der Waals surface area (Å²) in [6.07, 6.45) is 0. The van der Waals surface area contributed by atoms with Gasteiger partial charge in [-0.3, -0.25) is 9.11 Å². The van der Waals surface area contributed by atoms with Crippen LogP contribution >= 0.6 is 24.1 Å². The predicted molar refractivity (Wildman–Crippen MR) is 232 cm³/mol. The van der Waals surface area contributed by atoms with Crippen LogP contribution < -0.4 is 5.32 Å². The van der Waals surface area contributed by atoms with Crippen molar-refractivity contribution in [2.75, 3.05) is 5.32 Å². The summed E-state index contributed by atoms with van der Waals surface area (Å²) < 4.78 is 76.9. The van der Waals surface area contributed by atoms with Gasteiger partial charge in [-0.1, -0.05) is 34.3 Å². The highest BCUT2D eigenvalue weighted by Gasteiger charge is 2.23. The van der Waals surface area contributed by atoms with Gasteiger partial charge < -0.3 is 15.5 Å². The van der Waals surface area contributed by atoms with E-state index in [0.717, 1.165) is 28.9 Å². The number of phenols is 2. The minimum Gasteiger partial charge on any atom is -0.505 e. The van der Waals surface area contributed by atoms with Gasteiger partial charge in [0, 0.05) is 27.0 Å². The standard InChI is InChI=1S/C40H27N5O14S4/c46-39-33-11-7-27(15-25(33)19-35(61-59-57-49)37(39)44-42-29-5-1-23-17-31(60-58-56-48)9-3-21(23)13-29)41-28-8-12-34-26(16-28)20-36(63(53,54)55)38(40(34)47)45-43-30-6-2-24-18-32(62(50,51)52)10-4-22(24)14-30/h1-20,41,46-49H,(H,50,51,52)(H,53,54,55)/b44-42+,45-43+. The molecular formula is C40H27N5O14S4. The molecule has 63 heavy (non-hydrogen) atoms. The van der Waals surface area contributed by atoms with Crippen molar-refractivity contribution in [1.29, 1.82) is 0 Å². The number of azo groups is 2. The highest BCUT2D eigenvalue weighted by atomic mass is 32.2. The molecule has 0 unspecified atom stereocenters. The Morgan fingerprint density at radius 1 is 0.492 bits per heavy atom. The fourth-order valence-electron chi connectivity index (χ4n) is 6.56. The number of hydrogen-bond donors (Lipinski definition) is 7. The van der Waals surface area contributed by atoms with E-state index in [1.54, 1.807) is 60.7 Å². The Morgan fingerprint density at radius 2 is 1.02 bits per heavy atom. The first-order valence-corrected chi connectivity index (χ1v) is 22.1. The largest absolute Gasteiger partial charge is 0.505 e. The van der Waals surface area contributed by atoms with E-state index in [1.165, 1.54) is 48.5 Å². The third kappa shape index (κ3) is 9.54. The van der Waals surface area contributed by atoms with Crippen LogP contribution in [0.3, 0.4) is 0 Å². The van der Waals surface area contributed by atoms with Gasteiger partial charge in [0.2, 0.25) is 0 Å². The molecule has 0 spiro atoms. The Morgan fingerprint density at radius 3 is 1.62 bits per heavy atom. The Bertz CT molecular complexity index is 3410. The quantitative estimate of drug-likeness (QED) is 0.0175. The van der Waals surface area contributed by atoms with Gasteiger partial charge in [-0.2, -0.15) is 27.1 Å². The molecule has 7 N–H and O–H groups in total. The number of fused-ring (bicyclic) bond motifs is 4. The van der Waals surface area contributed by atoms with Crippen LogP contribution in [0.2, 0.25) is 0 Å². The molecule has 0 atom stereocenters. The fraction of sp³-hybridized carbons (Fsp3) is 0. The van der Waals surface area contributed by atoms with E-state index in [4.69, 9.17) is 10.5 Å². The lowest BCUT2D eigenvalue weighted by molar-refractivity contribution is -0.432. The van der Waals surface area contributed by atoms with Crippen LogP contribution in [0.15, 0.2) is 161 Å². The van der Waals surface area contributed by atoms with Crippen LogP contribution in [-0.4, -0.2) is 46.7 Å². The van der Waals surface area contributed by atoms with E-state index >= 15 is 0 Å². The summed E-state index contributed by atoms with van der Waals surface area (Å²) in [5.41, 5.74) is 1.07. The van der Waals surface area contributed by atoms with Crippen molar-refractivity contribution in [2.45, 2.75) is 19.6 Å². The molecule has 0 heterocycles. The molecule has 0 aliphatic heterocycles. The maximum atomic E-state index is 12.6. The minimum absolute atomic E-state index is 0.00951. The molecule has 8 aromatic rings. The van der Waals surface area contributed by atoms with Crippen LogP contribution in [0.4, 0.5) is 34.1 Å². The average molecular weight is 930 g/mol. The van der Waals surface area contributed by atoms with Gasteiger partial charge >= 0.3 is 0 Å². The van der Waals surface area contributed by atoms with Gasteiger partial charge in [-0.05, 0) is 129 Å². The van der Waals surface area contributed by atoms with Gasteiger partial charge in [0.25, 0.3) is 20.2 Å². The number of aromatic hydroxyl groups is 2. The number of rotatable bonds is 14. The van der Waals surface area contributed by atoms with Gasteiger partial charge in [0.05, 0.1) is 45.3 Å². The normalized spacial score (nSPS) is 12.4. The van der Waals surface area contributed by atoms with Gasteiger partial charge in [-0.25, -0.2) is 10.5 Å². The number of benzene rings is 8. The maximum absolute atomic E-state index is 12.6. The molecule has 0 saturated heterocycles. The van der Waals surface area contributed by atoms with E-state index in [0.29, 0.717) is 55.5 Å². The second-order valence-electron chi connectivity index (χ2n) is 13.3. The van der Waals surface area contributed by atoms with Crippen LogP contribution in [-0.2, 0) is 39.0 Å². The summed E-state index contributed by atoms with van der Waals surface area (Å²) >= 11 is 1.38. The van der Waals surface area contributed by atoms with E-state index in [9.17, 15) is 36.2 Å². The number of hydrogen-bond acceptors (Lipinski definition) is 19. The van der Waals surface area contributed by atoms with Crippen LogP contribution in [0.25, 0.3) is 43.1 Å². The highest BCUT2D eigenvalue weighted by Crippen LogP contribution is 2.46. The zero-order chi connectivity index (χ0) is 44.5. The fourth-order valence-corrected chi connectivity index (χ4v) is 8.64. The summed E-state index contributed by atoms with van der Waals surface area (Å²) in [5.74, 6) is -0.848. The molecular weight excluding hydrogens is 903 g/mol. The first kappa shape index (κ1) is 43.3. The minimum atomic E-state index is -4.96. The van der Waals surface area contributed by atoms with Crippen molar-refractivity contribution in [3.8, 4) is 11.5 Å². The topological polar surface area (TPSA) is 288 Å². The van der Waals surface area contributed by atoms with Crippen LogP contribution in [0.5, 0.6) is 11.5 Å². The summed E-state index contributed by atoms with van der Waals surface area (Å²) in [7, 11) is -9.39. The van der Waals surface area contributed by atoms with Crippen molar-refractivity contribution in [3.05, 3.63) is 121 Å². The smallest absolute Gasteiger partial charge is 0.296 e. The van der Waals surface area contributed by atoms with Gasteiger partial charge in [0.1, 0.15) is 16.3 Å². The molecule has 320 valence electrons. The molecule has 0 aliphatic rings. The van der Waals surface area contributed by atoms with E-state index in [2.05, 4.69) is 44.5 Å². The molecule has 19 nitrogen and oxygen atoms in total. The van der Waals surface area contributed by atoms with Gasteiger partial charge in [0.15, 0.2) is 11.5 Å². The molecule has 0 fully saturated rings. The summed E-state index contributed by atoms with van der Waals surface area (Å²) in [6, 6.07) is 31.3. The van der Waals surface area contributed by atoms with E-state index in [-0.39, 0.29) is 37.7 Å². The summed E-state index contributed by atoms with van der Waals surface area (Å²) in [4.78, 5) is -0.145. The van der Waals surface area contributed by atoms with E-state index < -0.39 is 36.6 Å². The molecule has 0 saturated carbocycles. The highest BCUT2D eigenvalue weighted by molar-refractivity contribution is 7.95. The van der Waals surface area contributed by atoms with Crippen molar-refractivity contribution in [3.63, 3.8) is 0 Å². The lowest BCUT2D eigenvalue weighted by atomic mass is 10.1. The third-order valence-corrected chi connectivity index (χ3v) is 12.3. The second-order valence-corrected chi connectivity index (χ2v) is 17.7. The Labute approximate surface area is 363 Å². The predicted octanol–water partition coefficient (Wildman–Crippen LogP) is 11.6. The van der Waals surface area contributed by atoms with Gasteiger partial charge in [-0.15, -0.1) is 18.9 Å². The second kappa shape index (κ2) is 17.8. The number of phenolic OH excluding ortho intramolecular Hbond substituents is 2. The monoisotopic (exact) mass is 929 g/mol. The van der Waals surface area contributed by atoms with Crippen LogP contribution in [0, 0.1) is 0 Å². The average Bonchev–Trinajstić information content (AvgIpc) is 3.25. The molecule has 0 aliphatic carbocycles. The van der Waals surface area contributed by atoms with Crippen molar-refractivity contribution in [1.82, 2.24) is 0 Å². The summed E-state index contributed by atoms with van der Waals surface area (Å²) in [6.45, 7) is 0. The number of nitrogens with zero attached hydrogens (tertiary/aromatic N) is 4. The molecule has 0 radical (unpaired) electrons. The van der Waals surface area contributed by atoms with Crippen LogP contribution in [0.1, 0.15) is 0 Å². The van der Waals surface area contributed by atoms with E-state index in [1.807, 2.05) is 6.07 Å². The van der Waals surface area contributed by atoms with Crippen molar-refractivity contribution in [2.24, 2.45) is 20.5 Å². The summed E-state index contributed by atoms with van der Waals surface area (Å²) in [5, 5.41) is 71.1. The maximum Gasteiger partial charge on any atom is 0.296 e. The Hall–Kier alpha value is -6.32. The zero-order valence-corrected chi connectivity index (χ0v) is 34.7. The zero-order valence-electron chi connectivity index (χ0n) is 31.4. The molecule has 8 rings (SSSR count). The molecule has 23 heteroatoms. The molecule has 0 aromatic heterocycles. The Balaban J connectivity index is 1.07. The molecule has 8 aromatic carbocycles.